The first kappa shape index (κ1) is 12.5. The second-order valence-electron chi connectivity index (χ2n) is 3.08. The maximum absolute atomic E-state index is 9.62. The Morgan fingerprint density at radius 1 is 1.53 bits per heavy atom. The Morgan fingerprint density at radius 2 is 2.13 bits per heavy atom. The number of aliphatic hydroxyl groups is 4. The molecule has 0 aliphatic carbocycles. The van der Waals surface area contributed by atoms with E-state index in [0.29, 0.717) is 0 Å². The van der Waals surface area contributed by atoms with Crippen molar-refractivity contribution in [1.82, 2.24) is 0 Å². The molecule has 15 heavy (non-hydrogen) atoms. The second kappa shape index (κ2) is 4.50. The van der Waals surface area contributed by atoms with E-state index in [1.165, 1.54) is 0 Å². The Bertz CT molecular complexity index is 286. The van der Waals surface area contributed by atoms with Crippen LogP contribution in [0.4, 0.5) is 0 Å². The zero-order chi connectivity index (χ0) is 11.6. The molecule has 1 heterocycles. The molecule has 86 valence electrons. The van der Waals surface area contributed by atoms with E-state index in [9.17, 15) is 15.3 Å². The van der Waals surface area contributed by atoms with E-state index < -0.39 is 36.2 Å². The number of rotatable bonds is 2. The summed E-state index contributed by atoms with van der Waals surface area (Å²) in [5.41, 5.74) is 4.16. The zero-order valence-corrected chi connectivity index (χ0v) is 8.19. The third-order valence-corrected chi connectivity index (χ3v) is 2.58. The van der Waals surface area contributed by atoms with E-state index in [4.69, 9.17) is 27.0 Å². The number of nitrogens with zero attached hydrogens (tertiary/aromatic N) is 3. The number of azide groups is 1. The molecular formula is C6H10ClN3O5. The first-order valence-corrected chi connectivity index (χ1v) is 4.46. The van der Waals surface area contributed by atoms with E-state index in [1.54, 1.807) is 0 Å². The molecule has 0 aromatic rings. The number of halogens is 1. The molecule has 1 fully saturated rings. The molecule has 0 radical (unpaired) electrons. The SMILES string of the molecule is [N-]=[N+]=N[C@]1(O)C(Cl)O[C@H](CO)[C@H](O)[C@@H]1O. The zero-order valence-electron chi connectivity index (χ0n) is 7.43. The molecule has 1 aliphatic heterocycles. The van der Waals surface area contributed by atoms with Crippen molar-refractivity contribution in [2.75, 3.05) is 6.61 Å². The molecule has 1 aliphatic rings. The lowest BCUT2D eigenvalue weighted by Gasteiger charge is -2.43. The maximum Gasteiger partial charge on any atom is 0.212 e. The van der Waals surface area contributed by atoms with Crippen LogP contribution >= 0.6 is 11.6 Å². The summed E-state index contributed by atoms with van der Waals surface area (Å²) in [6.45, 7) is -0.589. The molecule has 0 aromatic heterocycles. The van der Waals surface area contributed by atoms with Gasteiger partial charge in [0.05, 0.1) is 6.61 Å². The molecule has 8 nitrogen and oxygen atoms in total. The summed E-state index contributed by atoms with van der Waals surface area (Å²) >= 11 is 5.52. The monoisotopic (exact) mass is 239 g/mol. The van der Waals surface area contributed by atoms with Gasteiger partial charge in [0, 0.05) is 4.91 Å². The average molecular weight is 240 g/mol. The van der Waals surface area contributed by atoms with Gasteiger partial charge in [-0.25, -0.2) is 0 Å². The summed E-state index contributed by atoms with van der Waals surface area (Å²) in [5, 5.41) is 40.1. The lowest BCUT2D eigenvalue weighted by molar-refractivity contribution is -0.250. The van der Waals surface area contributed by atoms with E-state index in [2.05, 4.69) is 10.0 Å². The van der Waals surface area contributed by atoms with Gasteiger partial charge in [0.1, 0.15) is 18.3 Å². The highest BCUT2D eigenvalue weighted by Crippen LogP contribution is 2.33. The van der Waals surface area contributed by atoms with Crippen LogP contribution in [-0.4, -0.2) is 56.6 Å². The summed E-state index contributed by atoms with van der Waals surface area (Å²) in [6, 6.07) is 0. The standard InChI is InChI=1S/C6H10ClN3O5/c7-5-6(14,9-10-8)4(13)3(12)2(1-11)15-5/h2-5,11-14H,1H2/t2-,3+,4+,5?,6-/m1/s1. The Morgan fingerprint density at radius 3 is 2.60 bits per heavy atom. The molecule has 4 N–H and O–H groups in total. The van der Waals surface area contributed by atoms with Crippen molar-refractivity contribution in [2.45, 2.75) is 29.6 Å². The van der Waals surface area contributed by atoms with Crippen molar-refractivity contribution in [3.05, 3.63) is 10.4 Å². The molecule has 0 spiro atoms. The van der Waals surface area contributed by atoms with Crippen LogP contribution < -0.4 is 0 Å². The Kier molecular flexibility index (Phi) is 3.74. The minimum Gasteiger partial charge on any atom is -0.394 e. The fourth-order valence-electron chi connectivity index (χ4n) is 1.25. The number of hydrogen-bond donors (Lipinski definition) is 4. The molecule has 9 heteroatoms. The minimum atomic E-state index is -2.46. The molecule has 1 saturated heterocycles. The smallest absolute Gasteiger partial charge is 0.212 e. The summed E-state index contributed by atoms with van der Waals surface area (Å²) in [7, 11) is 0. The van der Waals surface area contributed by atoms with Crippen LogP contribution in [0.5, 0.6) is 0 Å². The van der Waals surface area contributed by atoms with Gasteiger partial charge in [-0.15, -0.1) is 0 Å². The van der Waals surface area contributed by atoms with Gasteiger partial charge < -0.3 is 25.2 Å². The topological polar surface area (TPSA) is 139 Å². The molecule has 5 atom stereocenters. The van der Waals surface area contributed by atoms with Crippen LogP contribution in [0.25, 0.3) is 10.4 Å². The van der Waals surface area contributed by atoms with E-state index >= 15 is 0 Å². The average Bonchev–Trinajstić information content (AvgIpc) is 2.21. The molecule has 0 amide bonds. The minimum absolute atomic E-state index is 0.589. The molecule has 0 bridgehead atoms. The van der Waals surface area contributed by atoms with Gasteiger partial charge in [0.15, 0.2) is 5.56 Å². The van der Waals surface area contributed by atoms with Crippen molar-refractivity contribution in [3.8, 4) is 0 Å². The van der Waals surface area contributed by atoms with Gasteiger partial charge >= 0.3 is 0 Å². The van der Waals surface area contributed by atoms with E-state index in [0.717, 1.165) is 0 Å². The highest BCUT2D eigenvalue weighted by atomic mass is 35.5. The van der Waals surface area contributed by atoms with Crippen molar-refractivity contribution in [1.29, 1.82) is 0 Å². The van der Waals surface area contributed by atoms with Gasteiger partial charge in [0.25, 0.3) is 0 Å². The number of hydrogen-bond acceptors (Lipinski definition) is 6. The highest BCUT2D eigenvalue weighted by Gasteiger charge is 2.53. The predicted molar refractivity (Wildman–Crippen MR) is 47.7 cm³/mol. The number of ether oxygens (including phenoxy) is 1. The van der Waals surface area contributed by atoms with Crippen molar-refractivity contribution < 1.29 is 25.2 Å². The summed E-state index contributed by atoms with van der Waals surface area (Å²) in [4.78, 5) is 2.29. The van der Waals surface area contributed by atoms with Crippen LogP contribution in [0.15, 0.2) is 5.11 Å². The van der Waals surface area contributed by atoms with Crippen LogP contribution in [0.3, 0.4) is 0 Å². The Labute approximate surface area is 89.3 Å². The van der Waals surface area contributed by atoms with Gasteiger partial charge in [-0.2, -0.15) is 0 Å². The molecule has 0 aromatic carbocycles. The van der Waals surface area contributed by atoms with Gasteiger partial charge in [-0.1, -0.05) is 16.7 Å². The highest BCUT2D eigenvalue weighted by molar-refractivity contribution is 6.20. The van der Waals surface area contributed by atoms with Crippen molar-refractivity contribution in [2.24, 2.45) is 5.11 Å². The normalized spacial score (nSPS) is 45.9. The first-order valence-electron chi connectivity index (χ1n) is 4.02. The van der Waals surface area contributed by atoms with Crippen LogP contribution in [0.1, 0.15) is 0 Å². The summed E-state index contributed by atoms with van der Waals surface area (Å²) in [5.74, 6) is 0. The Hall–Kier alpha value is -0.600. The molecule has 1 rings (SSSR count). The lowest BCUT2D eigenvalue weighted by atomic mass is 9.95. The fourth-order valence-corrected chi connectivity index (χ4v) is 1.56. The van der Waals surface area contributed by atoms with Gasteiger partial charge in [0.2, 0.25) is 5.72 Å². The van der Waals surface area contributed by atoms with Gasteiger partial charge in [-0.05, 0) is 5.53 Å². The first-order chi connectivity index (χ1) is 6.97. The lowest BCUT2D eigenvalue weighted by Crippen LogP contribution is -2.63. The van der Waals surface area contributed by atoms with Crippen LogP contribution in [-0.2, 0) is 4.74 Å². The Balaban J connectivity index is 2.97. The third kappa shape index (κ3) is 2.01. The quantitative estimate of drug-likeness (QED) is 0.204. The second-order valence-corrected chi connectivity index (χ2v) is 3.48. The molecular weight excluding hydrogens is 230 g/mol. The fraction of sp³-hybridized carbons (Fsp3) is 1.00. The number of aliphatic hydroxyl groups excluding tert-OH is 3. The van der Waals surface area contributed by atoms with E-state index in [1.807, 2.05) is 0 Å². The summed E-state index contributed by atoms with van der Waals surface area (Å²) < 4.78 is 4.78. The van der Waals surface area contributed by atoms with E-state index in [-0.39, 0.29) is 0 Å². The van der Waals surface area contributed by atoms with Crippen molar-refractivity contribution >= 4 is 11.6 Å². The predicted octanol–water partition coefficient (Wildman–Crippen LogP) is -1.34. The maximum atomic E-state index is 9.62. The third-order valence-electron chi connectivity index (χ3n) is 2.15. The van der Waals surface area contributed by atoms with Crippen LogP contribution in [0, 0.1) is 0 Å². The molecule has 0 saturated carbocycles. The van der Waals surface area contributed by atoms with Crippen LogP contribution in [0.2, 0.25) is 0 Å². The van der Waals surface area contributed by atoms with Crippen molar-refractivity contribution in [3.63, 3.8) is 0 Å². The van der Waals surface area contributed by atoms with Gasteiger partial charge in [-0.3, -0.25) is 0 Å². The number of alkyl halides is 1. The summed E-state index contributed by atoms with van der Waals surface area (Å²) in [6.07, 6.45) is -4.57. The largest absolute Gasteiger partial charge is 0.394 e. The molecule has 1 unspecified atom stereocenters.